The Balaban J connectivity index is 1.34. The van der Waals surface area contributed by atoms with Gasteiger partial charge in [-0.05, 0) is 86.5 Å². The van der Waals surface area contributed by atoms with Gasteiger partial charge in [0.2, 0.25) is 0 Å². The highest BCUT2D eigenvalue weighted by molar-refractivity contribution is 5.28. The van der Waals surface area contributed by atoms with Crippen molar-refractivity contribution in [1.82, 2.24) is 0 Å². The number of rotatable bonds is 8. The van der Waals surface area contributed by atoms with E-state index in [-0.39, 0.29) is 0 Å². The Kier molecular flexibility index (Phi) is 8.32. The summed E-state index contributed by atoms with van der Waals surface area (Å²) in [6.07, 6.45) is 12.0. The molecular weight excluding hydrogens is 373 g/mol. The van der Waals surface area contributed by atoms with Crippen LogP contribution in [0.1, 0.15) is 89.5 Å². The lowest BCUT2D eigenvalue weighted by molar-refractivity contribution is -0.137. The number of hydrogen-bond acceptors (Lipinski definition) is 1. The van der Waals surface area contributed by atoms with Crippen molar-refractivity contribution in [3.05, 3.63) is 29.8 Å². The minimum Gasteiger partial charge on any atom is -0.493 e. The standard InChI is InChI=1S/C25H37F3O/c1-2-3-4-5-19-6-10-21(11-7-19)22-12-8-20(9-13-22)18-29-24-16-14-23(15-17-24)25(26,27)28/h14-17,19-22H,2-13,18H2,1H3/t19-,20?,21-,22?. The Bertz CT molecular complexity index is 579. The third-order valence-electron chi connectivity index (χ3n) is 7.33. The van der Waals surface area contributed by atoms with Crippen LogP contribution in [0.3, 0.4) is 0 Å². The largest absolute Gasteiger partial charge is 0.493 e. The molecule has 1 nitrogen and oxygen atoms in total. The second kappa shape index (κ2) is 10.7. The summed E-state index contributed by atoms with van der Waals surface area (Å²) in [5.74, 6) is 3.87. The maximum Gasteiger partial charge on any atom is 0.416 e. The third kappa shape index (κ3) is 6.93. The molecule has 4 heteroatoms. The molecule has 0 amide bonds. The number of unbranched alkanes of at least 4 members (excludes halogenated alkanes) is 2. The maximum absolute atomic E-state index is 12.6. The molecule has 2 aliphatic rings. The van der Waals surface area contributed by atoms with Gasteiger partial charge in [-0.1, -0.05) is 45.4 Å². The van der Waals surface area contributed by atoms with Crippen molar-refractivity contribution >= 4 is 0 Å². The molecule has 1 aromatic rings. The molecule has 0 atom stereocenters. The van der Waals surface area contributed by atoms with Gasteiger partial charge in [-0.2, -0.15) is 13.2 Å². The van der Waals surface area contributed by atoms with Gasteiger partial charge >= 0.3 is 6.18 Å². The maximum atomic E-state index is 12.6. The fourth-order valence-corrected chi connectivity index (χ4v) is 5.41. The summed E-state index contributed by atoms with van der Waals surface area (Å²) in [4.78, 5) is 0. The van der Waals surface area contributed by atoms with Crippen molar-refractivity contribution in [2.75, 3.05) is 6.61 Å². The highest BCUT2D eigenvalue weighted by Crippen LogP contribution is 2.42. The average Bonchev–Trinajstić information content (AvgIpc) is 2.73. The highest BCUT2D eigenvalue weighted by atomic mass is 19.4. The van der Waals surface area contributed by atoms with Crippen LogP contribution in [0.25, 0.3) is 0 Å². The highest BCUT2D eigenvalue weighted by Gasteiger charge is 2.31. The fraction of sp³-hybridized carbons (Fsp3) is 0.760. The van der Waals surface area contributed by atoms with E-state index in [0.29, 0.717) is 18.3 Å². The van der Waals surface area contributed by atoms with Gasteiger partial charge in [0.15, 0.2) is 0 Å². The average molecular weight is 411 g/mol. The quantitative estimate of drug-likeness (QED) is 0.392. The second-order valence-corrected chi connectivity index (χ2v) is 9.39. The lowest BCUT2D eigenvalue weighted by atomic mass is 9.69. The minimum absolute atomic E-state index is 0.541. The predicted octanol–water partition coefficient (Wildman–Crippen LogP) is 8.28. The molecule has 1 aromatic carbocycles. The molecule has 0 N–H and O–H groups in total. The molecule has 0 aromatic heterocycles. The molecule has 2 saturated carbocycles. The van der Waals surface area contributed by atoms with Gasteiger partial charge in [-0.25, -0.2) is 0 Å². The predicted molar refractivity (Wildman–Crippen MR) is 112 cm³/mol. The summed E-state index contributed by atoms with van der Waals surface area (Å²) >= 11 is 0. The molecule has 164 valence electrons. The van der Waals surface area contributed by atoms with Gasteiger partial charge in [0.1, 0.15) is 5.75 Å². The summed E-state index contributed by atoms with van der Waals surface area (Å²) in [7, 11) is 0. The summed E-state index contributed by atoms with van der Waals surface area (Å²) in [6.45, 7) is 2.91. The number of benzene rings is 1. The van der Waals surface area contributed by atoms with Crippen molar-refractivity contribution in [2.24, 2.45) is 23.7 Å². The van der Waals surface area contributed by atoms with Gasteiger partial charge in [-0.3, -0.25) is 0 Å². The lowest BCUT2D eigenvalue weighted by Gasteiger charge is -2.38. The normalized spacial score (nSPS) is 28.3. The van der Waals surface area contributed by atoms with Crippen LogP contribution in [0.5, 0.6) is 5.75 Å². The molecule has 0 aliphatic heterocycles. The van der Waals surface area contributed by atoms with Crippen molar-refractivity contribution in [3.8, 4) is 5.75 Å². The zero-order chi connectivity index (χ0) is 20.7. The van der Waals surface area contributed by atoms with Crippen LogP contribution < -0.4 is 4.74 Å². The van der Waals surface area contributed by atoms with Crippen LogP contribution in [0.4, 0.5) is 13.2 Å². The molecule has 0 bridgehead atoms. The molecule has 2 fully saturated rings. The SMILES string of the molecule is CCCCC[C@H]1CC[C@H](C2CCC(COc3ccc(C(F)(F)F)cc3)CC2)CC1. The molecule has 2 aliphatic carbocycles. The summed E-state index contributed by atoms with van der Waals surface area (Å²) in [5, 5.41) is 0. The molecule has 0 radical (unpaired) electrons. The first kappa shape index (κ1) is 22.5. The van der Waals surface area contributed by atoms with E-state index >= 15 is 0 Å². The first-order valence-corrected chi connectivity index (χ1v) is 11.8. The van der Waals surface area contributed by atoms with Crippen molar-refractivity contribution in [3.63, 3.8) is 0 Å². The Hall–Kier alpha value is -1.19. The van der Waals surface area contributed by atoms with E-state index in [4.69, 9.17) is 4.74 Å². The van der Waals surface area contributed by atoms with Gasteiger partial charge in [-0.15, -0.1) is 0 Å². The third-order valence-corrected chi connectivity index (χ3v) is 7.33. The van der Waals surface area contributed by atoms with Gasteiger partial charge < -0.3 is 4.74 Å². The van der Waals surface area contributed by atoms with Crippen molar-refractivity contribution in [2.45, 2.75) is 90.1 Å². The van der Waals surface area contributed by atoms with Crippen molar-refractivity contribution < 1.29 is 17.9 Å². The van der Waals surface area contributed by atoms with Crippen LogP contribution >= 0.6 is 0 Å². The zero-order valence-electron chi connectivity index (χ0n) is 17.9. The number of ether oxygens (including phenoxy) is 1. The summed E-state index contributed by atoms with van der Waals surface area (Å²) in [6, 6.07) is 5.08. The van der Waals surface area contributed by atoms with Crippen LogP contribution in [0.15, 0.2) is 24.3 Å². The van der Waals surface area contributed by atoms with E-state index in [1.165, 1.54) is 89.2 Å². The molecule has 0 spiro atoms. The fourth-order valence-electron chi connectivity index (χ4n) is 5.41. The van der Waals surface area contributed by atoms with E-state index in [1.54, 1.807) is 0 Å². The van der Waals surface area contributed by atoms with Crippen LogP contribution in [-0.4, -0.2) is 6.61 Å². The van der Waals surface area contributed by atoms with E-state index in [2.05, 4.69) is 6.92 Å². The number of halogens is 3. The van der Waals surface area contributed by atoms with E-state index < -0.39 is 11.7 Å². The van der Waals surface area contributed by atoms with E-state index in [9.17, 15) is 13.2 Å². The molecule has 0 saturated heterocycles. The van der Waals surface area contributed by atoms with Gasteiger partial charge in [0, 0.05) is 0 Å². The Morgan fingerprint density at radius 2 is 1.34 bits per heavy atom. The molecule has 29 heavy (non-hydrogen) atoms. The lowest BCUT2D eigenvalue weighted by Crippen LogP contribution is -2.27. The summed E-state index contributed by atoms with van der Waals surface area (Å²) in [5.41, 5.74) is -0.620. The molecular formula is C25H37F3O. The first-order valence-electron chi connectivity index (χ1n) is 11.8. The number of alkyl halides is 3. The molecule has 0 heterocycles. The molecule has 3 rings (SSSR count). The van der Waals surface area contributed by atoms with Gasteiger partial charge in [0.25, 0.3) is 0 Å². The summed E-state index contributed by atoms with van der Waals surface area (Å²) < 4.78 is 43.7. The first-order chi connectivity index (χ1) is 14.0. The zero-order valence-corrected chi connectivity index (χ0v) is 17.9. The second-order valence-electron chi connectivity index (χ2n) is 9.39. The van der Waals surface area contributed by atoms with E-state index in [1.807, 2.05) is 0 Å². The Morgan fingerprint density at radius 3 is 1.86 bits per heavy atom. The van der Waals surface area contributed by atoms with Crippen LogP contribution in [0.2, 0.25) is 0 Å². The van der Waals surface area contributed by atoms with Crippen LogP contribution in [-0.2, 0) is 6.18 Å². The minimum atomic E-state index is -4.29. The Morgan fingerprint density at radius 1 is 0.793 bits per heavy atom. The topological polar surface area (TPSA) is 9.23 Å². The van der Waals surface area contributed by atoms with Crippen LogP contribution in [0, 0.1) is 23.7 Å². The number of hydrogen-bond donors (Lipinski definition) is 0. The van der Waals surface area contributed by atoms with Crippen molar-refractivity contribution in [1.29, 1.82) is 0 Å². The smallest absolute Gasteiger partial charge is 0.416 e. The van der Waals surface area contributed by atoms with Gasteiger partial charge in [0.05, 0.1) is 12.2 Å². The Labute approximate surface area is 174 Å². The van der Waals surface area contributed by atoms with E-state index in [0.717, 1.165) is 29.9 Å². The molecule has 0 unspecified atom stereocenters. The monoisotopic (exact) mass is 410 g/mol.